The molecule has 0 aromatic heterocycles. The number of hydrogen-bond acceptors (Lipinski definition) is 1. The van der Waals surface area contributed by atoms with Crippen LogP contribution in [0.25, 0.3) is 32.7 Å². The number of fused-ring (bicyclic) bond motifs is 2. The van der Waals surface area contributed by atoms with E-state index in [1.807, 2.05) is 30.3 Å². The van der Waals surface area contributed by atoms with Gasteiger partial charge in [0.25, 0.3) is 0 Å². The molecule has 1 nitrogen and oxygen atoms in total. The van der Waals surface area contributed by atoms with Gasteiger partial charge in [-0.1, -0.05) is 78.9 Å². The Balaban J connectivity index is 2.27. The molecule has 0 atom stereocenters. The summed E-state index contributed by atoms with van der Waals surface area (Å²) in [6.45, 7) is 0. The highest BCUT2D eigenvalue weighted by molar-refractivity contribution is 6.55. The second kappa shape index (κ2) is 5.32. The van der Waals surface area contributed by atoms with E-state index in [9.17, 15) is 5.02 Å². The molecular formula is C20H14BO. The zero-order chi connectivity index (χ0) is 14.9. The van der Waals surface area contributed by atoms with E-state index < -0.39 is 0 Å². The van der Waals surface area contributed by atoms with Crippen molar-refractivity contribution in [1.82, 2.24) is 0 Å². The van der Waals surface area contributed by atoms with Crippen LogP contribution >= 0.6 is 0 Å². The molecule has 0 spiro atoms. The fourth-order valence-electron chi connectivity index (χ4n) is 3.22. The molecule has 4 rings (SSSR count). The first-order valence-corrected chi connectivity index (χ1v) is 7.36. The normalized spacial score (nSPS) is 11.0. The average Bonchev–Trinajstić information content (AvgIpc) is 2.60. The number of benzene rings is 4. The maximum Gasteiger partial charge on any atom is 0.328 e. The van der Waals surface area contributed by atoms with Gasteiger partial charge in [-0.05, 0) is 38.1 Å². The lowest BCUT2D eigenvalue weighted by Crippen LogP contribution is -2.16. The Morgan fingerprint density at radius 3 is 1.50 bits per heavy atom. The molecule has 0 saturated carbocycles. The zero-order valence-corrected chi connectivity index (χ0v) is 12.0. The summed E-state index contributed by atoms with van der Waals surface area (Å²) in [6, 6.07) is 26.9. The van der Waals surface area contributed by atoms with Gasteiger partial charge in [0.1, 0.15) is 0 Å². The molecule has 1 radical (unpaired) electrons. The summed E-state index contributed by atoms with van der Waals surface area (Å²) in [5.41, 5.74) is 3.29. The van der Waals surface area contributed by atoms with Gasteiger partial charge in [-0.25, -0.2) is 0 Å². The zero-order valence-electron chi connectivity index (χ0n) is 12.0. The quantitative estimate of drug-likeness (QED) is 0.436. The molecule has 103 valence electrons. The fourth-order valence-corrected chi connectivity index (χ4v) is 3.22. The fraction of sp³-hybridized carbons (Fsp3) is 0. The van der Waals surface area contributed by atoms with Crippen LogP contribution in [-0.2, 0) is 0 Å². The van der Waals surface area contributed by atoms with E-state index in [-0.39, 0.29) is 0 Å². The largest absolute Gasteiger partial charge is 0.450 e. The van der Waals surface area contributed by atoms with E-state index in [1.54, 1.807) is 0 Å². The summed E-state index contributed by atoms with van der Waals surface area (Å²) in [5, 5.41) is 14.2. The van der Waals surface area contributed by atoms with Crippen LogP contribution in [-0.4, -0.2) is 12.5 Å². The topological polar surface area (TPSA) is 20.2 Å². The molecular weight excluding hydrogens is 267 g/mol. The first kappa shape index (κ1) is 13.1. The molecule has 0 aliphatic rings. The summed E-state index contributed by atoms with van der Waals surface area (Å²) >= 11 is 0. The van der Waals surface area contributed by atoms with Crippen molar-refractivity contribution in [3.63, 3.8) is 0 Å². The maximum absolute atomic E-state index is 9.77. The molecule has 0 unspecified atom stereocenters. The highest BCUT2D eigenvalue weighted by Gasteiger charge is 2.14. The van der Waals surface area contributed by atoms with Crippen molar-refractivity contribution < 1.29 is 5.02 Å². The number of hydrogen-bond donors (Lipinski definition) is 1. The molecule has 0 heterocycles. The van der Waals surface area contributed by atoms with Crippen molar-refractivity contribution in [2.24, 2.45) is 0 Å². The Hall–Kier alpha value is -2.58. The van der Waals surface area contributed by atoms with Crippen molar-refractivity contribution >= 4 is 34.5 Å². The number of rotatable bonds is 2. The van der Waals surface area contributed by atoms with Crippen LogP contribution < -0.4 is 5.46 Å². The van der Waals surface area contributed by atoms with Crippen molar-refractivity contribution in [1.29, 1.82) is 0 Å². The van der Waals surface area contributed by atoms with Gasteiger partial charge in [-0.3, -0.25) is 0 Å². The molecule has 22 heavy (non-hydrogen) atoms. The highest BCUT2D eigenvalue weighted by atomic mass is 16.2. The lowest BCUT2D eigenvalue weighted by atomic mass is 9.77. The van der Waals surface area contributed by atoms with Gasteiger partial charge in [0.15, 0.2) is 0 Å². The van der Waals surface area contributed by atoms with Gasteiger partial charge in [0.05, 0.1) is 0 Å². The second-order valence-corrected chi connectivity index (χ2v) is 5.37. The molecule has 4 aromatic carbocycles. The average molecular weight is 281 g/mol. The van der Waals surface area contributed by atoms with Crippen LogP contribution in [0.3, 0.4) is 0 Å². The summed E-state index contributed by atoms with van der Waals surface area (Å²) in [4.78, 5) is 0. The van der Waals surface area contributed by atoms with Crippen molar-refractivity contribution in [3.8, 4) is 11.1 Å². The van der Waals surface area contributed by atoms with Crippen LogP contribution in [0.1, 0.15) is 0 Å². The third-order valence-corrected chi connectivity index (χ3v) is 4.16. The van der Waals surface area contributed by atoms with Gasteiger partial charge in [-0.15, -0.1) is 0 Å². The van der Waals surface area contributed by atoms with Gasteiger partial charge in [-0.2, -0.15) is 0 Å². The second-order valence-electron chi connectivity index (χ2n) is 5.37. The Bertz CT molecular complexity index is 904. The van der Waals surface area contributed by atoms with Crippen molar-refractivity contribution in [2.45, 2.75) is 0 Å². The van der Waals surface area contributed by atoms with Crippen molar-refractivity contribution in [3.05, 3.63) is 78.9 Å². The van der Waals surface area contributed by atoms with E-state index in [1.165, 1.54) is 18.6 Å². The maximum atomic E-state index is 9.77. The molecule has 0 aliphatic heterocycles. The lowest BCUT2D eigenvalue weighted by molar-refractivity contribution is 0.616. The standard InChI is InChI=1S/C20H14BO/c22-21-20-17-12-6-4-10-15(17)19(14-8-2-1-3-9-14)16-11-5-7-13-18(16)20/h1-13,22H. The van der Waals surface area contributed by atoms with Crippen LogP contribution in [0, 0.1) is 0 Å². The van der Waals surface area contributed by atoms with E-state index in [4.69, 9.17) is 0 Å². The van der Waals surface area contributed by atoms with Crippen LogP contribution in [0.15, 0.2) is 78.9 Å². The Morgan fingerprint density at radius 2 is 1.00 bits per heavy atom. The monoisotopic (exact) mass is 281 g/mol. The summed E-state index contributed by atoms with van der Waals surface area (Å²) in [5.74, 6) is 0. The predicted molar refractivity (Wildman–Crippen MR) is 94.5 cm³/mol. The molecule has 1 N–H and O–H groups in total. The molecule has 0 fully saturated rings. The lowest BCUT2D eigenvalue weighted by Gasteiger charge is -2.15. The van der Waals surface area contributed by atoms with E-state index in [0.717, 1.165) is 27.0 Å². The minimum atomic E-state index is 0.880. The van der Waals surface area contributed by atoms with Crippen LogP contribution in [0.4, 0.5) is 0 Å². The van der Waals surface area contributed by atoms with Gasteiger partial charge in [0, 0.05) is 0 Å². The van der Waals surface area contributed by atoms with E-state index in [2.05, 4.69) is 48.5 Å². The SMILES string of the molecule is O[B]c1c2ccccc2c(-c2ccccc2)c2ccccc12. The van der Waals surface area contributed by atoms with Gasteiger partial charge < -0.3 is 5.02 Å². The third kappa shape index (κ3) is 1.92. The summed E-state index contributed by atoms with van der Waals surface area (Å²) < 4.78 is 0. The summed E-state index contributed by atoms with van der Waals surface area (Å²) in [6.07, 6.45) is 0. The van der Waals surface area contributed by atoms with Gasteiger partial charge >= 0.3 is 7.48 Å². The smallest absolute Gasteiger partial charge is 0.328 e. The molecule has 0 aliphatic carbocycles. The van der Waals surface area contributed by atoms with Crippen molar-refractivity contribution in [2.75, 3.05) is 0 Å². The van der Waals surface area contributed by atoms with Crippen LogP contribution in [0.2, 0.25) is 0 Å². The van der Waals surface area contributed by atoms with Crippen LogP contribution in [0.5, 0.6) is 0 Å². The van der Waals surface area contributed by atoms with E-state index >= 15 is 0 Å². The minimum Gasteiger partial charge on any atom is -0.450 e. The minimum absolute atomic E-state index is 0.880. The first-order chi connectivity index (χ1) is 10.9. The predicted octanol–water partition coefficient (Wildman–Crippen LogP) is 3.90. The molecule has 0 bridgehead atoms. The first-order valence-electron chi connectivity index (χ1n) is 7.36. The highest BCUT2D eigenvalue weighted by Crippen LogP contribution is 2.34. The Labute approximate surface area is 130 Å². The van der Waals surface area contributed by atoms with E-state index in [0.29, 0.717) is 0 Å². The molecule has 2 heteroatoms. The Kier molecular flexibility index (Phi) is 3.17. The molecule has 0 saturated heterocycles. The molecule has 4 aromatic rings. The Morgan fingerprint density at radius 1 is 0.545 bits per heavy atom. The molecule has 0 amide bonds. The summed E-state index contributed by atoms with van der Waals surface area (Å²) in [7, 11) is 1.22. The van der Waals surface area contributed by atoms with Gasteiger partial charge in [0.2, 0.25) is 0 Å². The third-order valence-electron chi connectivity index (χ3n) is 4.16.